The number of carbonyl (C=O) groups excluding carboxylic acids is 1. The van der Waals surface area contributed by atoms with Crippen molar-refractivity contribution in [1.82, 2.24) is 15.5 Å². The highest BCUT2D eigenvalue weighted by atomic mass is 16.4. The monoisotopic (exact) mass is 283 g/mol. The Balaban J connectivity index is 1.73. The van der Waals surface area contributed by atoms with E-state index >= 15 is 0 Å². The molecule has 0 radical (unpaired) electrons. The lowest BCUT2D eigenvalue weighted by Gasteiger charge is -2.22. The molecule has 2 rings (SSSR count). The molecular weight excluding hydrogens is 258 g/mol. The number of nitrogens with zero attached hydrogens (tertiary/aromatic N) is 1. The fourth-order valence-electron chi connectivity index (χ4n) is 3.35. The minimum Gasteiger partial charge on any atom is -0.481 e. The van der Waals surface area contributed by atoms with Crippen LogP contribution in [0.4, 0.5) is 4.79 Å². The normalized spacial score (nSPS) is 27.1. The van der Waals surface area contributed by atoms with Gasteiger partial charge >= 0.3 is 12.0 Å². The van der Waals surface area contributed by atoms with Crippen LogP contribution >= 0.6 is 0 Å². The van der Waals surface area contributed by atoms with Crippen molar-refractivity contribution in [2.45, 2.75) is 51.1 Å². The lowest BCUT2D eigenvalue weighted by atomic mass is 10.0. The number of fused-ring (bicyclic) bond motifs is 1. The Hall–Kier alpha value is -1.30. The molecule has 2 amide bonds. The molecule has 2 saturated heterocycles. The van der Waals surface area contributed by atoms with E-state index in [0.29, 0.717) is 12.5 Å². The zero-order valence-electron chi connectivity index (χ0n) is 12.1. The van der Waals surface area contributed by atoms with E-state index in [0.717, 1.165) is 32.4 Å². The van der Waals surface area contributed by atoms with E-state index in [2.05, 4.69) is 15.5 Å². The molecule has 3 unspecified atom stereocenters. The second-order valence-corrected chi connectivity index (χ2v) is 5.82. The lowest BCUT2D eigenvalue weighted by Crippen LogP contribution is -2.48. The molecule has 2 aliphatic heterocycles. The highest BCUT2D eigenvalue weighted by molar-refractivity contribution is 5.76. The van der Waals surface area contributed by atoms with Crippen LogP contribution in [0.5, 0.6) is 0 Å². The van der Waals surface area contributed by atoms with Gasteiger partial charge in [0.05, 0.1) is 5.92 Å². The smallest absolute Gasteiger partial charge is 0.315 e. The van der Waals surface area contributed by atoms with Gasteiger partial charge < -0.3 is 15.7 Å². The summed E-state index contributed by atoms with van der Waals surface area (Å²) in [5.74, 6) is -1.33. The van der Waals surface area contributed by atoms with Crippen LogP contribution < -0.4 is 10.6 Å². The summed E-state index contributed by atoms with van der Waals surface area (Å²) in [4.78, 5) is 25.3. The number of aliphatic carboxylic acids is 1. The zero-order valence-corrected chi connectivity index (χ0v) is 12.1. The molecule has 0 saturated carbocycles. The number of carbonyl (C=O) groups is 2. The molecule has 0 aromatic heterocycles. The van der Waals surface area contributed by atoms with Crippen LogP contribution in [0.1, 0.15) is 39.0 Å². The Morgan fingerprint density at radius 1 is 1.35 bits per heavy atom. The van der Waals surface area contributed by atoms with Gasteiger partial charge in [-0.1, -0.05) is 13.3 Å². The van der Waals surface area contributed by atoms with Gasteiger partial charge in [-0.05, 0) is 32.2 Å². The van der Waals surface area contributed by atoms with E-state index in [1.54, 1.807) is 0 Å². The maximum Gasteiger partial charge on any atom is 0.315 e. The minimum atomic E-state index is -0.838. The van der Waals surface area contributed by atoms with Gasteiger partial charge in [0.15, 0.2) is 0 Å². The van der Waals surface area contributed by atoms with E-state index < -0.39 is 11.9 Å². The van der Waals surface area contributed by atoms with Crippen molar-refractivity contribution in [3.63, 3.8) is 0 Å². The number of rotatable bonds is 6. The molecule has 6 nitrogen and oxygen atoms in total. The number of amides is 2. The first kappa shape index (κ1) is 15.1. The maximum absolute atomic E-state index is 11.9. The summed E-state index contributed by atoms with van der Waals surface area (Å²) in [6.45, 7) is 4.35. The fraction of sp³-hybridized carbons (Fsp3) is 0.857. The van der Waals surface area contributed by atoms with Crippen LogP contribution in [0.15, 0.2) is 0 Å². The van der Waals surface area contributed by atoms with Crippen molar-refractivity contribution >= 4 is 12.0 Å². The molecule has 0 aromatic rings. The van der Waals surface area contributed by atoms with Crippen LogP contribution in [0.25, 0.3) is 0 Å². The molecule has 0 aromatic carbocycles. The predicted octanol–water partition coefficient (Wildman–Crippen LogP) is 1.02. The molecule has 3 N–H and O–H groups in total. The van der Waals surface area contributed by atoms with Gasteiger partial charge in [0.2, 0.25) is 0 Å². The van der Waals surface area contributed by atoms with Gasteiger partial charge in [0, 0.05) is 25.2 Å². The second-order valence-electron chi connectivity index (χ2n) is 5.82. The molecule has 20 heavy (non-hydrogen) atoms. The zero-order chi connectivity index (χ0) is 14.5. The number of hydrogen-bond acceptors (Lipinski definition) is 3. The second kappa shape index (κ2) is 6.92. The molecule has 3 atom stereocenters. The van der Waals surface area contributed by atoms with Crippen LogP contribution in [0.2, 0.25) is 0 Å². The molecule has 114 valence electrons. The van der Waals surface area contributed by atoms with Crippen LogP contribution in [0, 0.1) is 5.92 Å². The Bertz CT molecular complexity index is 362. The third-order valence-electron chi connectivity index (χ3n) is 4.42. The molecule has 6 heteroatoms. The number of carboxylic acid groups (broad SMARTS) is 1. The van der Waals surface area contributed by atoms with Crippen molar-refractivity contribution in [2.75, 3.05) is 19.6 Å². The largest absolute Gasteiger partial charge is 0.481 e. The van der Waals surface area contributed by atoms with Gasteiger partial charge in [-0.2, -0.15) is 0 Å². The van der Waals surface area contributed by atoms with Gasteiger partial charge in [-0.3, -0.25) is 9.69 Å². The molecule has 2 heterocycles. The Kier molecular flexibility index (Phi) is 5.23. The average molecular weight is 283 g/mol. The van der Waals surface area contributed by atoms with E-state index in [4.69, 9.17) is 5.11 Å². The molecular formula is C14H25N3O3. The first-order valence-electron chi connectivity index (χ1n) is 7.63. The summed E-state index contributed by atoms with van der Waals surface area (Å²) < 4.78 is 0. The lowest BCUT2D eigenvalue weighted by molar-refractivity contribution is -0.141. The Labute approximate surface area is 119 Å². The SMILES string of the molecule is CCCC(CNC(=O)NC1CCN2CCCC12)C(=O)O. The summed E-state index contributed by atoms with van der Waals surface area (Å²) in [5, 5.41) is 14.8. The first-order chi connectivity index (χ1) is 9.61. The number of urea groups is 1. The Morgan fingerprint density at radius 3 is 2.85 bits per heavy atom. The van der Waals surface area contributed by atoms with E-state index in [-0.39, 0.29) is 18.6 Å². The summed E-state index contributed by atoms with van der Waals surface area (Å²) in [6.07, 6.45) is 4.76. The number of carboxylic acids is 1. The average Bonchev–Trinajstić information content (AvgIpc) is 2.99. The van der Waals surface area contributed by atoms with Crippen LogP contribution in [-0.4, -0.2) is 53.7 Å². The maximum atomic E-state index is 11.9. The standard InChI is InChI=1S/C14H25N3O3/c1-2-4-10(13(18)19)9-15-14(20)16-11-6-8-17-7-3-5-12(11)17/h10-12H,2-9H2,1H3,(H,18,19)(H2,15,16,20). The summed E-state index contributed by atoms with van der Waals surface area (Å²) >= 11 is 0. The third-order valence-corrected chi connectivity index (χ3v) is 4.42. The molecule has 2 aliphatic rings. The highest BCUT2D eigenvalue weighted by Crippen LogP contribution is 2.27. The summed E-state index contributed by atoms with van der Waals surface area (Å²) in [5.41, 5.74) is 0. The topological polar surface area (TPSA) is 81.7 Å². The third kappa shape index (κ3) is 3.62. The highest BCUT2D eigenvalue weighted by Gasteiger charge is 2.37. The van der Waals surface area contributed by atoms with Crippen molar-refractivity contribution in [1.29, 1.82) is 0 Å². The predicted molar refractivity (Wildman–Crippen MR) is 75.6 cm³/mol. The first-order valence-corrected chi connectivity index (χ1v) is 7.63. The van der Waals surface area contributed by atoms with E-state index in [1.807, 2.05) is 6.92 Å². The minimum absolute atomic E-state index is 0.204. The summed E-state index contributed by atoms with van der Waals surface area (Å²) in [6, 6.07) is 0.463. The van der Waals surface area contributed by atoms with Crippen molar-refractivity contribution in [2.24, 2.45) is 5.92 Å². The Morgan fingerprint density at radius 2 is 2.15 bits per heavy atom. The van der Waals surface area contributed by atoms with Crippen molar-refractivity contribution in [3.8, 4) is 0 Å². The molecule has 0 spiro atoms. The van der Waals surface area contributed by atoms with E-state index in [1.165, 1.54) is 6.42 Å². The van der Waals surface area contributed by atoms with Crippen molar-refractivity contribution in [3.05, 3.63) is 0 Å². The van der Waals surface area contributed by atoms with E-state index in [9.17, 15) is 9.59 Å². The molecule has 0 aliphatic carbocycles. The van der Waals surface area contributed by atoms with Gasteiger partial charge in [0.25, 0.3) is 0 Å². The quantitative estimate of drug-likeness (QED) is 0.680. The number of nitrogens with one attached hydrogen (secondary N) is 2. The van der Waals surface area contributed by atoms with Crippen LogP contribution in [0.3, 0.4) is 0 Å². The summed E-state index contributed by atoms with van der Waals surface area (Å²) in [7, 11) is 0. The molecule has 2 fully saturated rings. The fourth-order valence-corrected chi connectivity index (χ4v) is 3.35. The van der Waals surface area contributed by atoms with Crippen LogP contribution in [-0.2, 0) is 4.79 Å². The molecule has 0 bridgehead atoms. The number of hydrogen-bond donors (Lipinski definition) is 3. The van der Waals surface area contributed by atoms with Gasteiger partial charge in [-0.15, -0.1) is 0 Å². The van der Waals surface area contributed by atoms with Crippen molar-refractivity contribution < 1.29 is 14.7 Å². The van der Waals surface area contributed by atoms with Gasteiger partial charge in [0.1, 0.15) is 0 Å². The van der Waals surface area contributed by atoms with Gasteiger partial charge in [-0.25, -0.2) is 4.79 Å².